The van der Waals surface area contributed by atoms with Gasteiger partial charge in [-0.05, 0) is 38.0 Å². The van der Waals surface area contributed by atoms with E-state index in [2.05, 4.69) is 6.92 Å². The van der Waals surface area contributed by atoms with E-state index in [1.807, 2.05) is 24.3 Å². The predicted octanol–water partition coefficient (Wildman–Crippen LogP) is 1.98. The summed E-state index contributed by atoms with van der Waals surface area (Å²) in [5, 5.41) is 9.63. The van der Waals surface area contributed by atoms with Crippen LogP contribution in [0.2, 0.25) is 0 Å². The maximum Gasteiger partial charge on any atom is 0.258 e. The molecule has 3 heteroatoms. The van der Waals surface area contributed by atoms with Gasteiger partial charge in [0, 0.05) is 12.7 Å². The number of likely N-dealkylation sites (N-methyl/N-ethyl adjacent to an activating group) is 1. The van der Waals surface area contributed by atoms with Crippen LogP contribution in [0.15, 0.2) is 24.3 Å². The molecule has 1 amide bonds. The van der Waals surface area contributed by atoms with Crippen molar-refractivity contribution in [2.24, 2.45) is 0 Å². The molecule has 1 aromatic rings. The molecule has 0 fully saturated rings. The van der Waals surface area contributed by atoms with Crippen molar-refractivity contribution in [3.63, 3.8) is 0 Å². The number of hydrogen-bond donors (Lipinski definition) is 1. The number of benzene rings is 1. The van der Waals surface area contributed by atoms with E-state index >= 15 is 0 Å². The van der Waals surface area contributed by atoms with Gasteiger partial charge in [0.1, 0.15) is 5.60 Å². The van der Waals surface area contributed by atoms with Crippen molar-refractivity contribution in [2.75, 3.05) is 11.9 Å². The Morgan fingerprint density at radius 2 is 1.81 bits per heavy atom. The minimum absolute atomic E-state index is 0.309. The van der Waals surface area contributed by atoms with Gasteiger partial charge < -0.3 is 10.0 Å². The average Bonchev–Trinajstić information content (AvgIpc) is 2.26. The number of hydrogen-bond acceptors (Lipinski definition) is 2. The van der Waals surface area contributed by atoms with Crippen LogP contribution >= 0.6 is 0 Å². The number of anilines is 1. The van der Waals surface area contributed by atoms with Gasteiger partial charge in [-0.25, -0.2) is 0 Å². The molecule has 0 atom stereocenters. The monoisotopic (exact) mass is 221 g/mol. The minimum atomic E-state index is -1.34. The van der Waals surface area contributed by atoms with Crippen LogP contribution in [-0.4, -0.2) is 23.7 Å². The van der Waals surface area contributed by atoms with Gasteiger partial charge in [0.25, 0.3) is 5.91 Å². The minimum Gasteiger partial charge on any atom is -0.381 e. The maximum atomic E-state index is 11.8. The van der Waals surface area contributed by atoms with Gasteiger partial charge in [-0.15, -0.1) is 0 Å². The van der Waals surface area contributed by atoms with E-state index in [1.165, 1.54) is 24.3 Å². The van der Waals surface area contributed by atoms with Gasteiger partial charge in [-0.1, -0.05) is 19.1 Å². The van der Waals surface area contributed by atoms with Gasteiger partial charge in [0.05, 0.1) is 0 Å². The Morgan fingerprint density at radius 1 is 1.31 bits per heavy atom. The number of rotatable bonds is 3. The molecule has 0 heterocycles. The molecule has 0 radical (unpaired) electrons. The molecule has 1 rings (SSSR count). The Labute approximate surface area is 96.7 Å². The summed E-state index contributed by atoms with van der Waals surface area (Å²) < 4.78 is 0. The molecule has 0 unspecified atom stereocenters. The van der Waals surface area contributed by atoms with E-state index in [4.69, 9.17) is 0 Å². The lowest BCUT2D eigenvalue weighted by Gasteiger charge is -2.25. The zero-order valence-corrected chi connectivity index (χ0v) is 10.3. The molecule has 0 aliphatic rings. The summed E-state index contributed by atoms with van der Waals surface area (Å²) in [5.74, 6) is -0.309. The normalized spacial score (nSPS) is 11.3. The zero-order chi connectivity index (χ0) is 12.3. The number of aliphatic hydroxyl groups is 1. The highest BCUT2D eigenvalue weighted by atomic mass is 16.3. The second-order valence-corrected chi connectivity index (χ2v) is 4.44. The van der Waals surface area contributed by atoms with Gasteiger partial charge in [-0.2, -0.15) is 0 Å². The molecule has 1 aromatic carbocycles. The van der Waals surface area contributed by atoms with Crippen molar-refractivity contribution in [1.29, 1.82) is 0 Å². The van der Waals surface area contributed by atoms with Crippen LogP contribution in [0.25, 0.3) is 0 Å². The summed E-state index contributed by atoms with van der Waals surface area (Å²) in [6.45, 7) is 5.07. The van der Waals surface area contributed by atoms with Crippen LogP contribution < -0.4 is 4.90 Å². The fourth-order valence-corrected chi connectivity index (χ4v) is 1.48. The van der Waals surface area contributed by atoms with Crippen LogP contribution in [0.1, 0.15) is 26.3 Å². The number of amides is 1. The Balaban J connectivity index is 2.88. The SMILES string of the molecule is CCc1ccc(N(C)C(=O)C(C)(C)O)cc1. The number of aryl methyl sites for hydroxylation is 1. The van der Waals surface area contributed by atoms with Crippen molar-refractivity contribution in [3.05, 3.63) is 29.8 Å². The molecular formula is C13H19NO2. The summed E-state index contributed by atoms with van der Waals surface area (Å²) in [7, 11) is 1.67. The second kappa shape index (κ2) is 4.66. The standard InChI is InChI=1S/C13H19NO2/c1-5-10-6-8-11(9-7-10)14(4)12(15)13(2,3)16/h6-9,16H,5H2,1-4H3. The second-order valence-electron chi connectivity index (χ2n) is 4.44. The van der Waals surface area contributed by atoms with Crippen molar-refractivity contribution < 1.29 is 9.90 Å². The van der Waals surface area contributed by atoms with E-state index in [0.29, 0.717) is 0 Å². The Hall–Kier alpha value is -1.35. The summed E-state index contributed by atoms with van der Waals surface area (Å²) >= 11 is 0. The first-order valence-electron chi connectivity index (χ1n) is 5.45. The molecule has 88 valence electrons. The quantitative estimate of drug-likeness (QED) is 0.848. The Morgan fingerprint density at radius 3 is 2.19 bits per heavy atom. The average molecular weight is 221 g/mol. The fraction of sp³-hybridized carbons (Fsp3) is 0.462. The third kappa shape index (κ3) is 2.83. The molecule has 0 spiro atoms. The van der Waals surface area contributed by atoms with Gasteiger partial charge in [-0.3, -0.25) is 4.79 Å². The van der Waals surface area contributed by atoms with Gasteiger partial charge in [0.2, 0.25) is 0 Å². The van der Waals surface area contributed by atoms with E-state index in [1.54, 1.807) is 7.05 Å². The highest BCUT2D eigenvalue weighted by molar-refractivity contribution is 5.98. The van der Waals surface area contributed by atoms with Crippen LogP contribution in [-0.2, 0) is 11.2 Å². The fourth-order valence-electron chi connectivity index (χ4n) is 1.48. The molecule has 0 aromatic heterocycles. The third-order valence-corrected chi connectivity index (χ3v) is 2.56. The molecule has 0 aliphatic heterocycles. The lowest BCUT2D eigenvalue weighted by molar-refractivity contribution is -0.133. The summed E-state index contributed by atoms with van der Waals surface area (Å²) in [6, 6.07) is 7.76. The number of carbonyl (C=O) groups excluding carboxylic acids is 1. The molecule has 0 saturated carbocycles. The molecule has 1 N–H and O–H groups in total. The zero-order valence-electron chi connectivity index (χ0n) is 10.3. The van der Waals surface area contributed by atoms with Crippen LogP contribution in [0.5, 0.6) is 0 Å². The molecule has 3 nitrogen and oxygen atoms in total. The van der Waals surface area contributed by atoms with E-state index in [0.717, 1.165) is 12.1 Å². The van der Waals surface area contributed by atoms with E-state index in [9.17, 15) is 9.90 Å². The number of nitrogens with zero attached hydrogens (tertiary/aromatic N) is 1. The van der Waals surface area contributed by atoms with Gasteiger partial charge >= 0.3 is 0 Å². The first kappa shape index (κ1) is 12.7. The lowest BCUT2D eigenvalue weighted by atomic mass is 10.1. The molecule has 0 aliphatic carbocycles. The van der Waals surface area contributed by atoms with Gasteiger partial charge in [0.15, 0.2) is 0 Å². The van der Waals surface area contributed by atoms with Crippen molar-refractivity contribution in [3.8, 4) is 0 Å². The smallest absolute Gasteiger partial charge is 0.258 e. The lowest BCUT2D eigenvalue weighted by Crippen LogP contribution is -2.43. The summed E-state index contributed by atoms with van der Waals surface area (Å²) in [4.78, 5) is 13.3. The first-order valence-corrected chi connectivity index (χ1v) is 5.45. The maximum absolute atomic E-state index is 11.8. The molecule has 0 bridgehead atoms. The van der Waals surface area contributed by atoms with E-state index < -0.39 is 5.60 Å². The van der Waals surface area contributed by atoms with Crippen LogP contribution in [0, 0.1) is 0 Å². The van der Waals surface area contributed by atoms with Crippen molar-refractivity contribution >= 4 is 11.6 Å². The molecule has 16 heavy (non-hydrogen) atoms. The molecular weight excluding hydrogens is 202 g/mol. The van der Waals surface area contributed by atoms with Crippen molar-refractivity contribution in [2.45, 2.75) is 32.8 Å². The number of carbonyl (C=O) groups is 1. The van der Waals surface area contributed by atoms with Crippen molar-refractivity contribution in [1.82, 2.24) is 0 Å². The largest absolute Gasteiger partial charge is 0.381 e. The van der Waals surface area contributed by atoms with Crippen LogP contribution in [0.4, 0.5) is 5.69 Å². The topological polar surface area (TPSA) is 40.5 Å². The Kier molecular flexibility index (Phi) is 3.70. The summed E-state index contributed by atoms with van der Waals surface area (Å²) in [5.41, 5.74) is 0.690. The highest BCUT2D eigenvalue weighted by Gasteiger charge is 2.27. The van der Waals surface area contributed by atoms with E-state index in [-0.39, 0.29) is 5.91 Å². The molecule has 0 saturated heterocycles. The summed E-state index contributed by atoms with van der Waals surface area (Å²) in [6.07, 6.45) is 0.976. The first-order chi connectivity index (χ1) is 7.36. The predicted molar refractivity (Wildman–Crippen MR) is 65.5 cm³/mol. The third-order valence-electron chi connectivity index (χ3n) is 2.56. The Bertz CT molecular complexity index is 363. The highest BCUT2D eigenvalue weighted by Crippen LogP contribution is 2.17. The van der Waals surface area contributed by atoms with Crippen LogP contribution in [0.3, 0.4) is 0 Å².